The number of carbonyl (C=O) groups excluding carboxylic acids is 1. The Hall–Kier alpha value is -3.12. The summed E-state index contributed by atoms with van der Waals surface area (Å²) in [5.74, 6) is 1.61. The third kappa shape index (κ3) is 5.62. The number of amides is 1. The van der Waals surface area contributed by atoms with E-state index < -0.39 is 6.23 Å². The molecule has 1 amide bonds. The number of piperidine rings is 1. The van der Waals surface area contributed by atoms with Gasteiger partial charge in [0.25, 0.3) is 5.91 Å². The van der Waals surface area contributed by atoms with Crippen molar-refractivity contribution >= 4 is 28.7 Å². The molecule has 0 radical (unpaired) electrons. The number of aliphatic hydroxyl groups is 1. The van der Waals surface area contributed by atoms with E-state index in [4.69, 9.17) is 4.98 Å². The minimum absolute atomic E-state index is 0.0384. The Balaban J connectivity index is 1.22. The number of pyridine rings is 1. The number of anilines is 2. The van der Waals surface area contributed by atoms with E-state index >= 15 is 0 Å². The average Bonchev–Trinajstić information content (AvgIpc) is 3.46. The predicted molar refractivity (Wildman–Crippen MR) is 164 cm³/mol. The van der Waals surface area contributed by atoms with Crippen LogP contribution in [-0.4, -0.2) is 103 Å². The number of carbonyl (C=O) groups is 1. The number of nitrogens with one attached hydrogen (secondary N) is 2. The van der Waals surface area contributed by atoms with Crippen LogP contribution in [0.25, 0.3) is 11.0 Å². The van der Waals surface area contributed by atoms with Gasteiger partial charge >= 0.3 is 0 Å². The Kier molecular flexibility index (Phi) is 7.71. The van der Waals surface area contributed by atoms with Gasteiger partial charge in [0.2, 0.25) is 5.95 Å². The van der Waals surface area contributed by atoms with Crippen molar-refractivity contribution in [2.75, 3.05) is 45.6 Å². The standard InChI is InChI=1S/C31H45N9O2/c1-19-13-22-17-38(18-24(19)34-22)28(41)20-7-8-26(32-15-20)35-30-33-16-21-14-25(29(42)37(5)6)40(27(21)36-30)23-9-11-39(12-10-23)31(2,3)4/h7-8,14-16,19,22-24,28,34,41H,9-13,17-18H2,1-6H3,(H,32,33,35,36)/t19-,22?,24?,28?/m1/s1. The van der Waals surface area contributed by atoms with Crippen LogP contribution in [0.1, 0.15) is 75.3 Å². The molecule has 0 aromatic carbocycles. The molecule has 226 valence electrons. The second-order valence-corrected chi connectivity index (χ2v) is 13.6. The third-order valence-electron chi connectivity index (χ3n) is 9.33. The number of piperazine rings is 1. The second-order valence-electron chi connectivity index (χ2n) is 13.6. The molecule has 3 aromatic heterocycles. The molecule has 3 aliphatic rings. The van der Waals surface area contributed by atoms with Crippen molar-refractivity contribution in [3.8, 4) is 0 Å². The van der Waals surface area contributed by atoms with Gasteiger partial charge in [-0.15, -0.1) is 0 Å². The zero-order valence-corrected chi connectivity index (χ0v) is 25.7. The average molecular weight is 576 g/mol. The minimum Gasteiger partial charge on any atom is -0.374 e. The predicted octanol–water partition coefficient (Wildman–Crippen LogP) is 3.38. The van der Waals surface area contributed by atoms with Gasteiger partial charge in [-0.2, -0.15) is 4.98 Å². The van der Waals surface area contributed by atoms with Crippen LogP contribution in [0.2, 0.25) is 0 Å². The van der Waals surface area contributed by atoms with Crippen molar-refractivity contribution in [2.24, 2.45) is 5.92 Å². The van der Waals surface area contributed by atoms with E-state index in [1.165, 1.54) is 0 Å². The number of fused-ring (bicyclic) bond motifs is 3. The Labute approximate surface area is 248 Å². The van der Waals surface area contributed by atoms with E-state index in [0.717, 1.165) is 62.0 Å². The van der Waals surface area contributed by atoms with Crippen molar-refractivity contribution in [2.45, 2.75) is 76.8 Å². The molecule has 3 aromatic rings. The largest absolute Gasteiger partial charge is 0.374 e. The molecule has 11 nitrogen and oxygen atoms in total. The number of aliphatic hydroxyl groups excluding tert-OH is 1. The van der Waals surface area contributed by atoms with Gasteiger partial charge in [-0.3, -0.25) is 14.6 Å². The maximum absolute atomic E-state index is 13.2. The number of hydrogen-bond acceptors (Lipinski definition) is 9. The highest BCUT2D eigenvalue weighted by molar-refractivity contribution is 5.97. The van der Waals surface area contributed by atoms with E-state index in [9.17, 15) is 9.90 Å². The molecule has 6 rings (SSSR count). The molecule has 0 saturated carbocycles. The zero-order valence-electron chi connectivity index (χ0n) is 25.7. The fourth-order valence-corrected chi connectivity index (χ4v) is 6.90. The summed E-state index contributed by atoms with van der Waals surface area (Å²) in [6.45, 7) is 12.6. The maximum Gasteiger partial charge on any atom is 0.270 e. The Bertz CT molecular complexity index is 1420. The van der Waals surface area contributed by atoms with Gasteiger partial charge in [-0.05, 0) is 64.2 Å². The first kappa shape index (κ1) is 29.0. The monoisotopic (exact) mass is 575 g/mol. The van der Waals surface area contributed by atoms with Crippen molar-refractivity contribution in [3.05, 3.63) is 41.9 Å². The maximum atomic E-state index is 13.2. The van der Waals surface area contributed by atoms with Gasteiger partial charge in [-0.25, -0.2) is 9.97 Å². The summed E-state index contributed by atoms with van der Waals surface area (Å²) >= 11 is 0. The molecule has 11 heteroatoms. The summed E-state index contributed by atoms with van der Waals surface area (Å²) in [6, 6.07) is 6.71. The van der Waals surface area contributed by atoms with E-state index in [2.05, 4.69) is 62.7 Å². The van der Waals surface area contributed by atoms with Crippen LogP contribution in [0.3, 0.4) is 0 Å². The number of likely N-dealkylation sites (tertiary alicyclic amines) is 2. The van der Waals surface area contributed by atoms with Crippen LogP contribution in [0.5, 0.6) is 0 Å². The normalized spacial score (nSPS) is 24.7. The molecule has 3 unspecified atom stereocenters. The van der Waals surface area contributed by atoms with Gasteiger partial charge in [-0.1, -0.05) is 6.92 Å². The highest BCUT2D eigenvalue weighted by Crippen LogP contribution is 2.33. The van der Waals surface area contributed by atoms with Crippen LogP contribution in [0, 0.1) is 5.92 Å². The summed E-state index contributed by atoms with van der Waals surface area (Å²) in [5, 5.41) is 18.8. The fourth-order valence-electron chi connectivity index (χ4n) is 6.90. The number of rotatable bonds is 6. The van der Waals surface area contributed by atoms with Gasteiger partial charge < -0.3 is 25.2 Å². The lowest BCUT2D eigenvalue weighted by Gasteiger charge is -2.41. The fraction of sp³-hybridized carbons (Fsp3) is 0.613. The van der Waals surface area contributed by atoms with Crippen molar-refractivity contribution < 1.29 is 9.90 Å². The molecular weight excluding hydrogens is 530 g/mol. The molecule has 42 heavy (non-hydrogen) atoms. The molecule has 4 atom stereocenters. The Morgan fingerprint density at radius 1 is 1.14 bits per heavy atom. The van der Waals surface area contributed by atoms with Crippen molar-refractivity contribution in [1.29, 1.82) is 0 Å². The van der Waals surface area contributed by atoms with Crippen LogP contribution in [0.4, 0.5) is 11.8 Å². The summed E-state index contributed by atoms with van der Waals surface area (Å²) in [4.78, 5) is 33.5. The van der Waals surface area contributed by atoms with E-state index in [1.807, 2.05) is 18.2 Å². The zero-order chi connectivity index (χ0) is 29.8. The van der Waals surface area contributed by atoms with Crippen LogP contribution in [0.15, 0.2) is 30.6 Å². The lowest BCUT2D eigenvalue weighted by molar-refractivity contribution is -0.0187. The van der Waals surface area contributed by atoms with Crippen molar-refractivity contribution in [3.63, 3.8) is 0 Å². The minimum atomic E-state index is -0.683. The highest BCUT2D eigenvalue weighted by Gasteiger charge is 2.39. The third-order valence-corrected chi connectivity index (χ3v) is 9.33. The lowest BCUT2D eigenvalue weighted by Crippen LogP contribution is -2.52. The molecule has 0 spiro atoms. The number of aromatic nitrogens is 4. The molecule has 2 bridgehead atoms. The highest BCUT2D eigenvalue weighted by atomic mass is 16.3. The number of hydrogen-bond donors (Lipinski definition) is 3. The Morgan fingerprint density at radius 3 is 2.55 bits per heavy atom. The second kappa shape index (κ2) is 11.2. The quantitative estimate of drug-likeness (QED) is 0.407. The molecular formula is C31H45N9O2. The van der Waals surface area contributed by atoms with Crippen molar-refractivity contribution in [1.82, 2.24) is 39.5 Å². The first-order valence-electron chi connectivity index (χ1n) is 15.2. The van der Waals surface area contributed by atoms with Gasteiger partial charge in [0, 0.05) is 87.3 Å². The molecule has 6 heterocycles. The van der Waals surface area contributed by atoms with Gasteiger partial charge in [0.15, 0.2) is 0 Å². The summed E-state index contributed by atoms with van der Waals surface area (Å²) in [7, 11) is 3.56. The van der Waals surface area contributed by atoms with E-state index in [1.54, 1.807) is 31.4 Å². The lowest BCUT2D eigenvalue weighted by atomic mass is 9.98. The van der Waals surface area contributed by atoms with Crippen LogP contribution < -0.4 is 10.6 Å². The van der Waals surface area contributed by atoms with E-state index in [0.29, 0.717) is 35.5 Å². The topological polar surface area (TPSA) is 115 Å². The first-order chi connectivity index (χ1) is 20.0. The molecule has 3 aliphatic heterocycles. The smallest absolute Gasteiger partial charge is 0.270 e. The van der Waals surface area contributed by atoms with Gasteiger partial charge in [0.1, 0.15) is 23.4 Å². The number of nitrogens with zero attached hydrogens (tertiary/aromatic N) is 7. The van der Waals surface area contributed by atoms with E-state index in [-0.39, 0.29) is 17.5 Å². The molecule has 3 saturated heterocycles. The first-order valence-corrected chi connectivity index (χ1v) is 15.2. The van der Waals surface area contributed by atoms with Gasteiger partial charge in [0.05, 0.1) is 0 Å². The molecule has 0 aliphatic carbocycles. The summed E-state index contributed by atoms with van der Waals surface area (Å²) < 4.78 is 2.12. The van der Waals surface area contributed by atoms with Crippen LogP contribution in [-0.2, 0) is 0 Å². The molecule has 3 fully saturated rings. The SMILES string of the molecule is C[C@@H]1CC2CN(C(O)c3ccc(Nc4ncc5cc(C(=O)N(C)C)n(C6CCN(C(C)(C)C)CC6)c5n4)nc3)CC1N2. The van der Waals surface area contributed by atoms with Crippen LogP contribution >= 0.6 is 0 Å². The summed E-state index contributed by atoms with van der Waals surface area (Å²) in [5.41, 5.74) is 2.28. The summed E-state index contributed by atoms with van der Waals surface area (Å²) in [6.07, 6.45) is 5.86. The molecule has 3 N–H and O–H groups in total. The Morgan fingerprint density at radius 2 is 1.90 bits per heavy atom.